The van der Waals surface area contributed by atoms with Gasteiger partial charge in [-0.25, -0.2) is 4.79 Å². The lowest BCUT2D eigenvalue weighted by molar-refractivity contribution is -0.192. The maximum atomic E-state index is 12.8. The van der Waals surface area contributed by atoms with Crippen molar-refractivity contribution in [1.82, 2.24) is 0 Å². The van der Waals surface area contributed by atoms with Crippen LogP contribution in [0.5, 0.6) is 0 Å². The smallest absolute Gasteiger partial charge is 0.475 e. The van der Waals surface area contributed by atoms with Gasteiger partial charge in [0.15, 0.2) is 0 Å². The van der Waals surface area contributed by atoms with Crippen LogP contribution in [0.4, 0.5) is 37.7 Å². The number of nitrogens with zero attached hydrogens (tertiary/aromatic N) is 1. The second-order valence-electron chi connectivity index (χ2n) is 6.94. The van der Waals surface area contributed by atoms with Crippen LogP contribution in [0.25, 0.3) is 0 Å². The number of carboxylic acids is 1. The van der Waals surface area contributed by atoms with Crippen molar-refractivity contribution in [3.8, 4) is 0 Å². The minimum absolute atomic E-state index is 0.0990. The number of hydrogen-bond donors (Lipinski definition) is 2. The number of carbonyl (C=O) groups is 2. The molecule has 0 radical (unpaired) electrons. The van der Waals surface area contributed by atoms with Crippen molar-refractivity contribution in [2.24, 2.45) is 0 Å². The summed E-state index contributed by atoms with van der Waals surface area (Å²) in [6, 6.07) is 12.4. The maximum absolute atomic E-state index is 12.8. The standard InChI is InChI=1S/C19H19F3N2O.C2HF3O2/c20-19(21,22)15-7-5-6-14(12-15)13-18(25)23-16-8-1-2-9-17(16)24-10-3-4-11-24;3-2(4,5)1(6)7/h1-2,5-9,12H,3-4,10-11,13H2,(H,23,25);(H,6,7). The van der Waals surface area contributed by atoms with E-state index in [-0.39, 0.29) is 12.3 Å². The van der Waals surface area contributed by atoms with Gasteiger partial charge in [0.1, 0.15) is 0 Å². The highest BCUT2D eigenvalue weighted by Crippen LogP contribution is 2.30. The first-order valence-corrected chi connectivity index (χ1v) is 9.48. The average Bonchev–Trinajstić information content (AvgIpc) is 3.22. The minimum Gasteiger partial charge on any atom is -0.475 e. The predicted octanol–water partition coefficient (Wildman–Crippen LogP) is 5.12. The highest BCUT2D eigenvalue weighted by Gasteiger charge is 2.38. The van der Waals surface area contributed by atoms with Crippen LogP contribution in [0.15, 0.2) is 48.5 Å². The largest absolute Gasteiger partial charge is 0.490 e. The third-order valence-corrected chi connectivity index (χ3v) is 4.49. The number of benzene rings is 2. The Morgan fingerprint density at radius 2 is 1.53 bits per heavy atom. The first-order valence-electron chi connectivity index (χ1n) is 9.48. The molecule has 0 bridgehead atoms. The van der Waals surface area contributed by atoms with E-state index in [2.05, 4.69) is 10.2 Å². The second-order valence-corrected chi connectivity index (χ2v) is 6.94. The molecule has 1 saturated heterocycles. The molecular weight excluding hydrogens is 442 g/mol. The van der Waals surface area contributed by atoms with Crippen molar-refractivity contribution in [1.29, 1.82) is 0 Å². The van der Waals surface area contributed by atoms with Crippen molar-refractivity contribution in [2.75, 3.05) is 23.3 Å². The molecule has 32 heavy (non-hydrogen) atoms. The van der Waals surface area contributed by atoms with E-state index >= 15 is 0 Å². The molecule has 0 aliphatic carbocycles. The van der Waals surface area contributed by atoms with Gasteiger partial charge in [0, 0.05) is 13.1 Å². The van der Waals surface area contributed by atoms with E-state index in [9.17, 15) is 31.1 Å². The zero-order chi connectivity index (χ0) is 23.9. The van der Waals surface area contributed by atoms with Gasteiger partial charge in [-0.1, -0.05) is 30.3 Å². The number of hydrogen-bond acceptors (Lipinski definition) is 3. The fourth-order valence-corrected chi connectivity index (χ4v) is 3.05. The molecular formula is C21H20F6N2O3. The van der Waals surface area contributed by atoms with Crippen molar-refractivity contribution in [3.05, 3.63) is 59.7 Å². The molecule has 2 aromatic rings. The van der Waals surface area contributed by atoms with Gasteiger partial charge in [-0.05, 0) is 36.6 Å². The Hall–Kier alpha value is -3.24. The van der Waals surface area contributed by atoms with Gasteiger partial charge in [-0.15, -0.1) is 0 Å². The van der Waals surface area contributed by atoms with Crippen LogP contribution in [-0.4, -0.2) is 36.2 Å². The van der Waals surface area contributed by atoms with Crippen molar-refractivity contribution in [2.45, 2.75) is 31.6 Å². The summed E-state index contributed by atoms with van der Waals surface area (Å²) in [7, 11) is 0. The Labute approximate surface area is 179 Å². The number of rotatable bonds is 4. The lowest BCUT2D eigenvalue weighted by Crippen LogP contribution is -2.21. The van der Waals surface area contributed by atoms with Crippen molar-refractivity contribution >= 4 is 23.3 Å². The van der Waals surface area contributed by atoms with Gasteiger partial charge >= 0.3 is 18.3 Å². The van der Waals surface area contributed by atoms with E-state index < -0.39 is 23.9 Å². The summed E-state index contributed by atoms with van der Waals surface area (Å²) in [5, 5.41) is 9.96. The Morgan fingerprint density at radius 1 is 0.938 bits per heavy atom. The van der Waals surface area contributed by atoms with Crippen LogP contribution < -0.4 is 10.2 Å². The van der Waals surface area contributed by atoms with Crippen LogP contribution in [0.2, 0.25) is 0 Å². The van der Waals surface area contributed by atoms with Crippen LogP contribution >= 0.6 is 0 Å². The number of aliphatic carboxylic acids is 1. The highest BCUT2D eigenvalue weighted by molar-refractivity contribution is 5.95. The van der Waals surface area contributed by atoms with E-state index in [0.29, 0.717) is 11.3 Å². The number of carbonyl (C=O) groups excluding carboxylic acids is 1. The SMILES string of the molecule is O=C(Cc1cccc(C(F)(F)F)c1)Nc1ccccc1N1CCCC1.O=C(O)C(F)(F)F. The number of nitrogens with one attached hydrogen (secondary N) is 1. The summed E-state index contributed by atoms with van der Waals surface area (Å²) in [4.78, 5) is 23.4. The van der Waals surface area contributed by atoms with E-state index in [1.54, 1.807) is 0 Å². The van der Waals surface area contributed by atoms with Crippen LogP contribution in [0.1, 0.15) is 24.0 Å². The summed E-state index contributed by atoms with van der Waals surface area (Å²) in [6.07, 6.45) is -7.36. The number of halogens is 6. The molecule has 11 heteroatoms. The Kier molecular flexibility index (Phi) is 8.12. The molecule has 1 heterocycles. The van der Waals surface area contributed by atoms with Crippen LogP contribution in [0.3, 0.4) is 0 Å². The summed E-state index contributed by atoms with van der Waals surface area (Å²) >= 11 is 0. The maximum Gasteiger partial charge on any atom is 0.490 e. The Balaban J connectivity index is 0.000000451. The van der Waals surface area contributed by atoms with Gasteiger partial charge in [0.05, 0.1) is 23.4 Å². The number of carboxylic acid groups (broad SMARTS) is 1. The third-order valence-electron chi connectivity index (χ3n) is 4.49. The fraction of sp³-hybridized carbons (Fsp3) is 0.333. The van der Waals surface area contributed by atoms with Crippen LogP contribution in [-0.2, 0) is 22.2 Å². The fourth-order valence-electron chi connectivity index (χ4n) is 3.05. The highest BCUT2D eigenvalue weighted by atomic mass is 19.4. The molecule has 0 spiro atoms. The van der Waals surface area contributed by atoms with E-state index in [4.69, 9.17) is 9.90 Å². The Morgan fingerprint density at radius 3 is 2.09 bits per heavy atom. The van der Waals surface area contributed by atoms with Crippen LogP contribution in [0, 0.1) is 0 Å². The lowest BCUT2D eigenvalue weighted by atomic mass is 10.1. The predicted molar refractivity (Wildman–Crippen MR) is 105 cm³/mol. The van der Waals surface area contributed by atoms with Gasteiger partial charge in [-0.2, -0.15) is 26.3 Å². The van der Waals surface area contributed by atoms with Crippen molar-refractivity contribution in [3.63, 3.8) is 0 Å². The van der Waals surface area contributed by atoms with E-state index in [0.717, 1.165) is 43.8 Å². The summed E-state index contributed by atoms with van der Waals surface area (Å²) < 4.78 is 70.1. The lowest BCUT2D eigenvalue weighted by Gasteiger charge is -2.21. The molecule has 0 saturated carbocycles. The molecule has 5 nitrogen and oxygen atoms in total. The molecule has 2 aromatic carbocycles. The summed E-state index contributed by atoms with van der Waals surface area (Å²) in [6.45, 7) is 1.89. The van der Waals surface area contributed by atoms with E-state index in [1.165, 1.54) is 12.1 Å². The number of para-hydroxylation sites is 2. The Bertz CT molecular complexity index is 938. The van der Waals surface area contributed by atoms with Crippen molar-refractivity contribution < 1.29 is 41.0 Å². The molecule has 2 N–H and O–H groups in total. The van der Waals surface area contributed by atoms with Gasteiger partial charge in [-0.3, -0.25) is 4.79 Å². The molecule has 174 valence electrons. The molecule has 0 aromatic heterocycles. The topological polar surface area (TPSA) is 69.6 Å². The molecule has 3 rings (SSSR count). The van der Waals surface area contributed by atoms with Gasteiger partial charge < -0.3 is 15.3 Å². The third kappa shape index (κ3) is 7.47. The number of amides is 1. The van der Waals surface area contributed by atoms with Gasteiger partial charge in [0.25, 0.3) is 0 Å². The zero-order valence-electron chi connectivity index (χ0n) is 16.6. The summed E-state index contributed by atoms with van der Waals surface area (Å²) in [5.74, 6) is -3.08. The molecule has 1 aliphatic heterocycles. The zero-order valence-corrected chi connectivity index (χ0v) is 16.6. The second kappa shape index (κ2) is 10.4. The first kappa shape index (κ1) is 25.0. The molecule has 0 atom stereocenters. The molecule has 1 amide bonds. The molecule has 0 unspecified atom stereocenters. The number of anilines is 2. The van der Waals surface area contributed by atoms with E-state index in [1.807, 2.05) is 24.3 Å². The minimum atomic E-state index is -5.08. The summed E-state index contributed by atoms with van der Waals surface area (Å²) in [5.41, 5.74) is 1.25. The molecule has 1 aliphatic rings. The monoisotopic (exact) mass is 462 g/mol. The quantitative estimate of drug-likeness (QED) is 0.619. The van der Waals surface area contributed by atoms with Gasteiger partial charge in [0.2, 0.25) is 5.91 Å². The molecule has 1 fully saturated rings. The first-order chi connectivity index (χ1) is 14.9. The number of alkyl halides is 6. The average molecular weight is 462 g/mol. The normalized spacial score (nSPS) is 13.9.